The smallest absolute Gasteiger partial charge is 0.227 e. The van der Waals surface area contributed by atoms with Crippen molar-refractivity contribution >= 4 is 43.4 Å². The second-order valence-corrected chi connectivity index (χ2v) is 14.2. The molecule has 0 radical (unpaired) electrons. The maximum absolute atomic E-state index is 6.54. The van der Waals surface area contributed by atoms with Crippen molar-refractivity contribution in [2.45, 2.75) is 0 Å². The zero-order valence-corrected chi connectivity index (χ0v) is 30.7. The zero-order chi connectivity index (χ0) is 37.7. The number of oxazole rings is 1. The minimum Gasteiger partial charge on any atom is -0.435 e. The van der Waals surface area contributed by atoms with Gasteiger partial charge in [0.05, 0.1) is 0 Å². The van der Waals surface area contributed by atoms with E-state index in [9.17, 15) is 0 Å². The van der Waals surface area contributed by atoms with E-state index in [-0.39, 0.29) is 0 Å². The molecule has 2 aromatic heterocycles. The molecule has 0 aliphatic rings. The topological polar surface area (TPSA) is 64.7 Å². The lowest BCUT2D eigenvalue weighted by atomic mass is 9.94. The van der Waals surface area contributed by atoms with Crippen LogP contribution in [0.2, 0.25) is 0 Å². The molecule has 11 rings (SSSR count). The van der Waals surface area contributed by atoms with Gasteiger partial charge < -0.3 is 4.42 Å². The average molecular weight is 729 g/mol. The second-order valence-electron chi connectivity index (χ2n) is 14.2. The van der Waals surface area contributed by atoms with Crippen molar-refractivity contribution in [2.75, 3.05) is 0 Å². The molecule has 0 aliphatic heterocycles. The number of fused-ring (bicyclic) bond motifs is 5. The van der Waals surface area contributed by atoms with E-state index in [1.54, 1.807) is 0 Å². The first-order chi connectivity index (χ1) is 28.2. The van der Waals surface area contributed by atoms with Crippen LogP contribution in [0.4, 0.5) is 0 Å². The maximum Gasteiger partial charge on any atom is 0.227 e. The fraction of sp³-hybridized carbons (Fsp3) is 0. The molecule has 5 nitrogen and oxygen atoms in total. The SMILES string of the molecule is c1ccc(-c2nc3ccc4cccc(-c5cccc(-c6nc(-c7cccc8ccccc78)nc(-c7ccc(-c8ccccc8)c8ccccc78)n6)c5)c4c3o2)cc1. The molecule has 0 atom stereocenters. The first kappa shape index (κ1) is 32.7. The van der Waals surface area contributed by atoms with Crippen molar-refractivity contribution in [1.29, 1.82) is 0 Å². The van der Waals surface area contributed by atoms with Crippen LogP contribution in [0, 0.1) is 0 Å². The van der Waals surface area contributed by atoms with Gasteiger partial charge >= 0.3 is 0 Å². The van der Waals surface area contributed by atoms with Gasteiger partial charge in [0, 0.05) is 27.6 Å². The Morgan fingerprint density at radius 1 is 0.316 bits per heavy atom. The molecule has 0 amide bonds. The van der Waals surface area contributed by atoms with Crippen LogP contribution in [-0.4, -0.2) is 19.9 Å². The second kappa shape index (κ2) is 13.5. The average Bonchev–Trinajstić information content (AvgIpc) is 3.74. The van der Waals surface area contributed by atoms with Gasteiger partial charge in [0.15, 0.2) is 23.1 Å². The molecule has 0 bridgehead atoms. The summed E-state index contributed by atoms with van der Waals surface area (Å²) in [4.78, 5) is 20.6. The largest absolute Gasteiger partial charge is 0.435 e. The summed E-state index contributed by atoms with van der Waals surface area (Å²) in [6, 6.07) is 67.0. The number of benzene rings is 9. The Balaban J connectivity index is 1.11. The van der Waals surface area contributed by atoms with Crippen LogP contribution < -0.4 is 0 Å². The first-order valence-electron chi connectivity index (χ1n) is 19.1. The molecule has 57 heavy (non-hydrogen) atoms. The van der Waals surface area contributed by atoms with Crippen LogP contribution in [0.3, 0.4) is 0 Å². The van der Waals surface area contributed by atoms with Crippen LogP contribution in [-0.2, 0) is 0 Å². The Labute approximate surface area is 328 Å². The fourth-order valence-electron chi connectivity index (χ4n) is 8.06. The summed E-state index contributed by atoms with van der Waals surface area (Å²) in [7, 11) is 0. The van der Waals surface area contributed by atoms with Crippen LogP contribution in [0.1, 0.15) is 0 Å². The minimum atomic E-state index is 0.595. The predicted octanol–water partition coefficient (Wildman–Crippen LogP) is 13.5. The van der Waals surface area contributed by atoms with Gasteiger partial charge in [-0.05, 0) is 79.5 Å². The normalized spacial score (nSPS) is 11.5. The molecule has 0 saturated heterocycles. The molecule has 0 unspecified atom stereocenters. The Hall–Kier alpha value is -7.76. The van der Waals surface area contributed by atoms with E-state index in [1.165, 1.54) is 0 Å². The number of hydrogen-bond acceptors (Lipinski definition) is 5. The Bertz CT molecular complexity index is 3290. The summed E-state index contributed by atoms with van der Waals surface area (Å²) < 4.78 is 6.54. The molecular weight excluding hydrogens is 697 g/mol. The summed E-state index contributed by atoms with van der Waals surface area (Å²) in [6.45, 7) is 0. The fourth-order valence-corrected chi connectivity index (χ4v) is 8.06. The molecule has 0 N–H and O–H groups in total. The van der Waals surface area contributed by atoms with Crippen LogP contribution in [0.15, 0.2) is 199 Å². The van der Waals surface area contributed by atoms with E-state index in [0.717, 1.165) is 87.9 Å². The van der Waals surface area contributed by atoms with Gasteiger partial charge in [0.2, 0.25) is 5.89 Å². The quantitative estimate of drug-likeness (QED) is 0.171. The number of nitrogens with zero attached hydrogens (tertiary/aromatic N) is 4. The minimum absolute atomic E-state index is 0.595. The van der Waals surface area contributed by atoms with Gasteiger partial charge in [-0.25, -0.2) is 19.9 Å². The van der Waals surface area contributed by atoms with Gasteiger partial charge in [0.25, 0.3) is 0 Å². The monoisotopic (exact) mass is 728 g/mol. The third kappa shape index (κ3) is 5.72. The number of aromatic nitrogens is 4. The maximum atomic E-state index is 6.54. The zero-order valence-electron chi connectivity index (χ0n) is 30.7. The molecular formula is C52H32N4O. The molecule has 9 aromatic carbocycles. The lowest BCUT2D eigenvalue weighted by Gasteiger charge is -2.14. The van der Waals surface area contributed by atoms with Crippen LogP contribution in [0.5, 0.6) is 0 Å². The summed E-state index contributed by atoms with van der Waals surface area (Å²) in [5, 5.41) is 6.52. The lowest BCUT2D eigenvalue weighted by molar-refractivity contribution is 0.623. The van der Waals surface area contributed by atoms with E-state index in [4.69, 9.17) is 24.4 Å². The highest BCUT2D eigenvalue weighted by molar-refractivity contribution is 6.11. The molecule has 11 aromatic rings. The Morgan fingerprint density at radius 2 is 0.860 bits per heavy atom. The Kier molecular flexibility index (Phi) is 7.74. The summed E-state index contributed by atoms with van der Waals surface area (Å²) in [6.07, 6.45) is 0. The number of hydrogen-bond donors (Lipinski definition) is 0. The third-order valence-electron chi connectivity index (χ3n) is 10.8. The highest BCUT2D eigenvalue weighted by Crippen LogP contribution is 2.39. The van der Waals surface area contributed by atoms with Crippen molar-refractivity contribution in [1.82, 2.24) is 19.9 Å². The molecule has 0 fully saturated rings. The van der Waals surface area contributed by atoms with Crippen molar-refractivity contribution in [3.8, 4) is 67.9 Å². The van der Waals surface area contributed by atoms with Crippen molar-refractivity contribution in [3.05, 3.63) is 194 Å². The van der Waals surface area contributed by atoms with Gasteiger partial charge in [0.1, 0.15) is 5.52 Å². The molecule has 266 valence electrons. The van der Waals surface area contributed by atoms with Crippen molar-refractivity contribution < 1.29 is 4.42 Å². The van der Waals surface area contributed by atoms with E-state index in [2.05, 4.69) is 152 Å². The standard InChI is InChI=1S/C52H32N4O/c1-3-14-33(15-4-1)40-29-30-45(43-25-10-9-24-42(40)43)51-55-49(54-50(56-51)44-27-12-19-34-16-7-8-23-39(34)44)38-22-11-21-37(32-38)41-26-13-20-35-28-31-46-48(47(35)41)57-52(53-46)36-17-5-2-6-18-36/h1-32H. The van der Waals surface area contributed by atoms with E-state index in [1.807, 2.05) is 42.5 Å². The number of rotatable bonds is 6. The van der Waals surface area contributed by atoms with Gasteiger partial charge in [-0.15, -0.1) is 0 Å². The van der Waals surface area contributed by atoms with Gasteiger partial charge in [-0.3, -0.25) is 0 Å². The summed E-state index contributed by atoms with van der Waals surface area (Å²) in [5.74, 6) is 2.43. The lowest BCUT2D eigenvalue weighted by Crippen LogP contribution is -2.01. The summed E-state index contributed by atoms with van der Waals surface area (Å²) in [5.41, 5.74) is 9.70. The van der Waals surface area contributed by atoms with Gasteiger partial charge in [-0.2, -0.15) is 0 Å². The molecule has 0 aliphatic carbocycles. The van der Waals surface area contributed by atoms with E-state index < -0.39 is 0 Å². The molecule has 0 spiro atoms. The van der Waals surface area contributed by atoms with Crippen LogP contribution >= 0.6 is 0 Å². The van der Waals surface area contributed by atoms with Gasteiger partial charge in [-0.1, -0.05) is 164 Å². The first-order valence-corrected chi connectivity index (χ1v) is 19.1. The Morgan fingerprint density at radius 3 is 1.65 bits per heavy atom. The molecule has 2 heterocycles. The highest BCUT2D eigenvalue weighted by Gasteiger charge is 2.19. The highest BCUT2D eigenvalue weighted by atomic mass is 16.3. The third-order valence-corrected chi connectivity index (χ3v) is 10.8. The van der Waals surface area contributed by atoms with Crippen molar-refractivity contribution in [2.24, 2.45) is 0 Å². The van der Waals surface area contributed by atoms with Crippen LogP contribution in [0.25, 0.3) is 111 Å². The van der Waals surface area contributed by atoms with Crippen molar-refractivity contribution in [3.63, 3.8) is 0 Å². The van der Waals surface area contributed by atoms with E-state index >= 15 is 0 Å². The molecule has 5 heteroatoms. The predicted molar refractivity (Wildman–Crippen MR) is 233 cm³/mol. The molecule has 0 saturated carbocycles. The summed E-state index contributed by atoms with van der Waals surface area (Å²) >= 11 is 0. The van der Waals surface area contributed by atoms with E-state index in [0.29, 0.717) is 23.4 Å².